The number of carbonyl (C=O) groups is 1. The van der Waals surface area contributed by atoms with Crippen LogP contribution in [0, 0.1) is 6.92 Å². The summed E-state index contributed by atoms with van der Waals surface area (Å²) in [7, 11) is 1.82. The summed E-state index contributed by atoms with van der Waals surface area (Å²) < 4.78 is 42.7. The molecular weight excluding hydrogens is 335 g/mol. The predicted octanol–water partition coefficient (Wildman–Crippen LogP) is 3.30. The summed E-state index contributed by atoms with van der Waals surface area (Å²) >= 11 is 0. The highest BCUT2D eigenvalue weighted by Gasteiger charge is 2.27. The minimum atomic E-state index is -4.37. The van der Waals surface area contributed by atoms with Gasteiger partial charge in [-0.05, 0) is 31.5 Å². The van der Waals surface area contributed by atoms with Gasteiger partial charge in [-0.2, -0.15) is 18.3 Å². The molecule has 0 aliphatic rings. The Morgan fingerprint density at radius 3 is 2.72 bits per heavy atom. The molecule has 1 amide bonds. The van der Waals surface area contributed by atoms with E-state index in [1.165, 1.54) is 6.07 Å². The molecule has 0 bridgehead atoms. The molecule has 0 fully saturated rings. The van der Waals surface area contributed by atoms with Crippen molar-refractivity contribution in [3.8, 4) is 0 Å². The normalized spacial score (nSPS) is 12.9. The van der Waals surface area contributed by atoms with Gasteiger partial charge in [-0.25, -0.2) is 0 Å². The van der Waals surface area contributed by atoms with Gasteiger partial charge in [0.1, 0.15) is 6.61 Å². The zero-order chi connectivity index (χ0) is 18.6. The Kier molecular flexibility index (Phi) is 5.84. The maximum atomic E-state index is 12.4. The van der Waals surface area contributed by atoms with Gasteiger partial charge in [0.2, 0.25) is 0 Å². The fourth-order valence-corrected chi connectivity index (χ4v) is 2.39. The molecule has 25 heavy (non-hydrogen) atoms. The average Bonchev–Trinajstić information content (AvgIpc) is 2.86. The van der Waals surface area contributed by atoms with Crippen molar-refractivity contribution in [2.75, 3.05) is 6.61 Å². The summed E-state index contributed by atoms with van der Waals surface area (Å²) in [5.74, 6) is -0.312. The Labute approximate surface area is 143 Å². The van der Waals surface area contributed by atoms with Gasteiger partial charge in [0.25, 0.3) is 5.91 Å². The van der Waals surface area contributed by atoms with Crippen LogP contribution in [-0.4, -0.2) is 28.5 Å². The number of benzene rings is 1. The van der Waals surface area contributed by atoms with E-state index in [4.69, 9.17) is 0 Å². The minimum absolute atomic E-state index is 0.210. The van der Waals surface area contributed by atoms with E-state index in [0.717, 1.165) is 11.3 Å². The van der Waals surface area contributed by atoms with Crippen molar-refractivity contribution in [3.63, 3.8) is 0 Å². The second kappa shape index (κ2) is 7.69. The Balaban J connectivity index is 1.99. The topological polar surface area (TPSA) is 56.1 Å². The molecule has 136 valence electrons. The molecule has 8 heteroatoms. The summed E-state index contributed by atoms with van der Waals surface area (Å²) in [6.07, 6.45) is -2.67. The van der Waals surface area contributed by atoms with Crippen LogP contribution in [0.4, 0.5) is 13.2 Å². The first-order valence-electron chi connectivity index (χ1n) is 7.70. The Morgan fingerprint density at radius 1 is 1.40 bits per heavy atom. The van der Waals surface area contributed by atoms with E-state index in [2.05, 4.69) is 15.2 Å². The van der Waals surface area contributed by atoms with Gasteiger partial charge in [0, 0.05) is 23.9 Å². The van der Waals surface area contributed by atoms with Crippen LogP contribution in [0.2, 0.25) is 0 Å². The third-order valence-corrected chi connectivity index (χ3v) is 3.81. The number of hydrogen-bond acceptors (Lipinski definition) is 3. The second-order valence-electron chi connectivity index (χ2n) is 5.81. The maximum absolute atomic E-state index is 12.4. The number of aromatic nitrogens is 2. The van der Waals surface area contributed by atoms with E-state index in [-0.39, 0.29) is 18.6 Å². The van der Waals surface area contributed by atoms with E-state index in [1.54, 1.807) is 29.1 Å². The number of alkyl halides is 3. The lowest BCUT2D eigenvalue weighted by atomic mass is 10.1. The number of carbonyl (C=O) groups excluding carboxylic acids is 1. The van der Waals surface area contributed by atoms with Gasteiger partial charge in [-0.1, -0.05) is 12.1 Å². The highest BCUT2D eigenvalue weighted by Crippen LogP contribution is 2.18. The first kappa shape index (κ1) is 19.0. The van der Waals surface area contributed by atoms with Gasteiger partial charge >= 0.3 is 6.18 Å². The Bertz CT molecular complexity index is 741. The van der Waals surface area contributed by atoms with E-state index in [0.29, 0.717) is 11.1 Å². The fraction of sp³-hybridized carbons (Fsp3) is 0.412. The first-order valence-corrected chi connectivity index (χ1v) is 7.70. The number of hydrogen-bond donors (Lipinski definition) is 1. The molecule has 2 rings (SSSR count). The lowest BCUT2D eigenvalue weighted by Gasteiger charge is -2.14. The van der Waals surface area contributed by atoms with Crippen LogP contribution in [0.3, 0.4) is 0 Å². The molecule has 1 atom stereocenters. The third-order valence-electron chi connectivity index (χ3n) is 3.81. The molecule has 1 heterocycles. The molecule has 0 radical (unpaired) electrons. The molecule has 0 aliphatic carbocycles. The van der Waals surface area contributed by atoms with E-state index in [1.807, 2.05) is 20.9 Å². The summed E-state index contributed by atoms with van der Waals surface area (Å²) in [6.45, 7) is 2.22. The SMILES string of the molecule is Cc1c(C(C)NC(=O)c2cccc(COCC(F)(F)F)c2)cnn1C. The van der Waals surface area contributed by atoms with Crippen LogP contribution in [-0.2, 0) is 18.4 Å². The van der Waals surface area contributed by atoms with Gasteiger partial charge in [-0.15, -0.1) is 0 Å². The minimum Gasteiger partial charge on any atom is -0.367 e. The monoisotopic (exact) mass is 355 g/mol. The molecule has 0 saturated carbocycles. The summed E-state index contributed by atoms with van der Waals surface area (Å²) in [5, 5.41) is 7.00. The molecule has 0 aliphatic heterocycles. The molecule has 0 saturated heterocycles. The van der Waals surface area contributed by atoms with Gasteiger partial charge in [-0.3, -0.25) is 9.48 Å². The molecule has 1 N–H and O–H groups in total. The van der Waals surface area contributed by atoms with Crippen molar-refractivity contribution in [1.82, 2.24) is 15.1 Å². The van der Waals surface area contributed by atoms with Crippen molar-refractivity contribution in [3.05, 3.63) is 52.8 Å². The first-order chi connectivity index (χ1) is 11.7. The van der Waals surface area contributed by atoms with E-state index >= 15 is 0 Å². The predicted molar refractivity (Wildman–Crippen MR) is 86.0 cm³/mol. The zero-order valence-electron chi connectivity index (χ0n) is 14.2. The third kappa shape index (κ3) is 5.32. The highest BCUT2D eigenvalue weighted by molar-refractivity contribution is 5.94. The van der Waals surface area contributed by atoms with Crippen LogP contribution in [0.5, 0.6) is 0 Å². The van der Waals surface area contributed by atoms with Crippen molar-refractivity contribution in [1.29, 1.82) is 0 Å². The number of aryl methyl sites for hydroxylation is 1. The molecule has 0 spiro atoms. The van der Waals surface area contributed by atoms with Crippen molar-refractivity contribution in [2.45, 2.75) is 32.7 Å². The average molecular weight is 355 g/mol. The lowest BCUT2D eigenvalue weighted by Crippen LogP contribution is -2.27. The van der Waals surface area contributed by atoms with Gasteiger partial charge in [0.15, 0.2) is 0 Å². The van der Waals surface area contributed by atoms with Crippen molar-refractivity contribution < 1.29 is 22.7 Å². The van der Waals surface area contributed by atoms with Crippen LogP contribution in [0.15, 0.2) is 30.5 Å². The van der Waals surface area contributed by atoms with Crippen molar-refractivity contribution >= 4 is 5.91 Å². The molecular formula is C17H20F3N3O2. The zero-order valence-corrected chi connectivity index (χ0v) is 14.2. The number of nitrogens with one attached hydrogen (secondary N) is 1. The smallest absolute Gasteiger partial charge is 0.367 e. The molecule has 5 nitrogen and oxygen atoms in total. The number of rotatable bonds is 6. The Hall–Kier alpha value is -2.35. The number of amides is 1. The molecule has 1 unspecified atom stereocenters. The van der Waals surface area contributed by atoms with E-state index in [9.17, 15) is 18.0 Å². The molecule has 1 aromatic carbocycles. The van der Waals surface area contributed by atoms with Crippen LogP contribution in [0.1, 0.15) is 40.1 Å². The Morgan fingerprint density at radius 2 is 2.12 bits per heavy atom. The van der Waals surface area contributed by atoms with E-state index < -0.39 is 12.8 Å². The standard InChI is InChI=1S/C17H20F3N3O2/c1-11(15-8-21-23(3)12(15)2)22-16(24)14-6-4-5-13(7-14)9-25-10-17(18,19)20/h4-8,11H,9-10H2,1-3H3,(H,22,24). The van der Waals surface area contributed by atoms with Gasteiger partial charge in [0.05, 0.1) is 18.8 Å². The van der Waals surface area contributed by atoms with Crippen LogP contribution >= 0.6 is 0 Å². The van der Waals surface area contributed by atoms with Gasteiger partial charge < -0.3 is 10.1 Å². The van der Waals surface area contributed by atoms with Crippen molar-refractivity contribution in [2.24, 2.45) is 7.05 Å². The largest absolute Gasteiger partial charge is 0.411 e. The fourth-order valence-electron chi connectivity index (χ4n) is 2.39. The quantitative estimate of drug-likeness (QED) is 0.865. The number of nitrogens with zero attached hydrogens (tertiary/aromatic N) is 2. The van der Waals surface area contributed by atoms with Crippen LogP contribution in [0.25, 0.3) is 0 Å². The maximum Gasteiger partial charge on any atom is 0.411 e. The van der Waals surface area contributed by atoms with Crippen LogP contribution < -0.4 is 5.32 Å². The second-order valence-corrected chi connectivity index (χ2v) is 5.81. The number of halogens is 3. The lowest BCUT2D eigenvalue weighted by molar-refractivity contribution is -0.176. The summed E-state index contributed by atoms with van der Waals surface area (Å²) in [4.78, 5) is 12.4. The highest BCUT2D eigenvalue weighted by atomic mass is 19.4. The molecule has 2 aromatic rings. The summed E-state index contributed by atoms with van der Waals surface area (Å²) in [6, 6.07) is 6.11. The molecule has 1 aromatic heterocycles. The summed E-state index contributed by atoms with van der Waals surface area (Å²) in [5.41, 5.74) is 2.71. The number of ether oxygens (including phenoxy) is 1.